The topological polar surface area (TPSA) is 52.3 Å². The molecule has 0 heterocycles. The van der Waals surface area contributed by atoms with Gasteiger partial charge in [0.25, 0.3) is 0 Å². The third-order valence-electron chi connectivity index (χ3n) is 2.93. The van der Waals surface area contributed by atoms with E-state index in [9.17, 15) is 4.79 Å². The van der Waals surface area contributed by atoms with Gasteiger partial charge in [0.15, 0.2) is 0 Å². The van der Waals surface area contributed by atoms with E-state index in [1.54, 1.807) is 0 Å². The summed E-state index contributed by atoms with van der Waals surface area (Å²) < 4.78 is 5.70. The van der Waals surface area contributed by atoms with Crippen LogP contribution in [0.4, 0.5) is 0 Å². The van der Waals surface area contributed by atoms with Gasteiger partial charge in [0.05, 0.1) is 6.10 Å². The minimum atomic E-state index is -0.384. The van der Waals surface area contributed by atoms with E-state index in [4.69, 9.17) is 10.5 Å². The van der Waals surface area contributed by atoms with Crippen LogP contribution in [0, 0.1) is 5.92 Å². The summed E-state index contributed by atoms with van der Waals surface area (Å²) in [6.07, 6.45) is 5.19. The van der Waals surface area contributed by atoms with Gasteiger partial charge in [-0.1, -0.05) is 26.7 Å². The predicted molar refractivity (Wildman–Crippen MR) is 55.8 cm³/mol. The Kier molecular flexibility index (Phi) is 4.39. The fourth-order valence-electron chi connectivity index (χ4n) is 2.10. The molecule has 1 rings (SSSR count). The molecule has 3 heteroatoms. The quantitative estimate of drug-likeness (QED) is 0.751. The zero-order valence-electron chi connectivity index (χ0n) is 9.16. The van der Waals surface area contributed by atoms with Crippen molar-refractivity contribution >= 4 is 5.91 Å². The number of primary amides is 1. The van der Waals surface area contributed by atoms with E-state index in [-0.39, 0.29) is 18.1 Å². The minimum Gasteiger partial charge on any atom is -0.367 e. The minimum absolute atomic E-state index is 0.246. The van der Waals surface area contributed by atoms with Crippen molar-refractivity contribution in [1.29, 1.82) is 0 Å². The molecule has 3 atom stereocenters. The van der Waals surface area contributed by atoms with Crippen LogP contribution in [0.2, 0.25) is 0 Å². The molecule has 1 amide bonds. The molecule has 82 valence electrons. The van der Waals surface area contributed by atoms with Crippen LogP contribution >= 0.6 is 0 Å². The van der Waals surface area contributed by atoms with Crippen molar-refractivity contribution < 1.29 is 9.53 Å². The van der Waals surface area contributed by atoms with Crippen LogP contribution in [0.25, 0.3) is 0 Å². The molecule has 0 aliphatic heterocycles. The maximum atomic E-state index is 11.0. The van der Waals surface area contributed by atoms with E-state index in [0.717, 1.165) is 18.8 Å². The third-order valence-corrected chi connectivity index (χ3v) is 2.93. The Balaban J connectivity index is 2.37. The highest BCUT2D eigenvalue weighted by Gasteiger charge is 2.24. The number of hydrogen-bond donors (Lipinski definition) is 1. The van der Waals surface area contributed by atoms with E-state index in [0.29, 0.717) is 6.42 Å². The molecule has 1 saturated carbocycles. The number of rotatable bonds is 4. The van der Waals surface area contributed by atoms with E-state index in [1.165, 1.54) is 12.8 Å². The third kappa shape index (κ3) is 3.29. The Bertz CT molecular complexity index is 194. The van der Waals surface area contributed by atoms with Crippen LogP contribution in [0.1, 0.15) is 46.0 Å². The summed E-state index contributed by atoms with van der Waals surface area (Å²) in [7, 11) is 0. The van der Waals surface area contributed by atoms with Crippen molar-refractivity contribution in [2.24, 2.45) is 11.7 Å². The van der Waals surface area contributed by atoms with E-state index >= 15 is 0 Å². The van der Waals surface area contributed by atoms with Crippen molar-refractivity contribution in [2.45, 2.75) is 58.2 Å². The molecule has 3 unspecified atom stereocenters. The van der Waals surface area contributed by atoms with Gasteiger partial charge in [-0.3, -0.25) is 4.79 Å². The van der Waals surface area contributed by atoms with E-state index in [2.05, 4.69) is 6.92 Å². The number of ether oxygens (including phenoxy) is 1. The van der Waals surface area contributed by atoms with Gasteiger partial charge < -0.3 is 10.5 Å². The van der Waals surface area contributed by atoms with Gasteiger partial charge in [0.1, 0.15) is 6.10 Å². The summed E-state index contributed by atoms with van der Waals surface area (Å²) in [5, 5.41) is 0. The Morgan fingerprint density at radius 3 is 2.79 bits per heavy atom. The molecule has 1 aliphatic rings. The fraction of sp³-hybridized carbons (Fsp3) is 0.909. The van der Waals surface area contributed by atoms with Crippen LogP contribution in [0.15, 0.2) is 0 Å². The first-order valence-corrected chi connectivity index (χ1v) is 5.58. The summed E-state index contributed by atoms with van der Waals surface area (Å²) in [4.78, 5) is 11.0. The number of carbonyl (C=O) groups is 1. The van der Waals surface area contributed by atoms with E-state index < -0.39 is 0 Å². The van der Waals surface area contributed by atoms with Gasteiger partial charge in [0.2, 0.25) is 5.91 Å². The molecule has 0 aromatic rings. The number of amides is 1. The van der Waals surface area contributed by atoms with Gasteiger partial charge in [-0.2, -0.15) is 0 Å². The fourth-order valence-corrected chi connectivity index (χ4v) is 2.10. The second kappa shape index (κ2) is 5.35. The average molecular weight is 199 g/mol. The highest BCUT2D eigenvalue weighted by Crippen LogP contribution is 2.26. The summed E-state index contributed by atoms with van der Waals surface area (Å²) in [6, 6.07) is 0. The van der Waals surface area contributed by atoms with Crippen LogP contribution in [-0.2, 0) is 9.53 Å². The largest absolute Gasteiger partial charge is 0.367 e. The first kappa shape index (κ1) is 11.5. The Labute approximate surface area is 86.0 Å². The van der Waals surface area contributed by atoms with Crippen LogP contribution in [-0.4, -0.2) is 18.1 Å². The van der Waals surface area contributed by atoms with E-state index in [1.807, 2.05) is 6.92 Å². The van der Waals surface area contributed by atoms with Crippen LogP contribution in [0.3, 0.4) is 0 Å². The van der Waals surface area contributed by atoms with Gasteiger partial charge in [0, 0.05) is 0 Å². The molecule has 0 bridgehead atoms. The Hall–Kier alpha value is -0.570. The highest BCUT2D eigenvalue weighted by atomic mass is 16.5. The monoisotopic (exact) mass is 199 g/mol. The summed E-state index contributed by atoms with van der Waals surface area (Å²) in [5.74, 6) is 0.393. The van der Waals surface area contributed by atoms with Gasteiger partial charge in [-0.25, -0.2) is 0 Å². The lowest BCUT2D eigenvalue weighted by Crippen LogP contribution is -2.35. The molecule has 0 spiro atoms. The second-order valence-corrected chi connectivity index (χ2v) is 4.33. The number of nitrogens with two attached hydrogens (primary N) is 1. The molecule has 0 radical (unpaired) electrons. The zero-order chi connectivity index (χ0) is 10.6. The number of carbonyl (C=O) groups excluding carboxylic acids is 1. The normalized spacial score (nSPS) is 29.9. The molecule has 0 saturated heterocycles. The second-order valence-electron chi connectivity index (χ2n) is 4.33. The summed E-state index contributed by atoms with van der Waals surface area (Å²) >= 11 is 0. The molecular weight excluding hydrogens is 178 g/mol. The standard InChI is InChI=1S/C11H21NO2/c1-3-10(11(12)13)14-9-6-4-5-8(2)7-9/h8-10H,3-7H2,1-2H3,(H2,12,13). The first-order chi connectivity index (χ1) is 6.63. The Morgan fingerprint density at radius 1 is 1.57 bits per heavy atom. The summed E-state index contributed by atoms with van der Waals surface area (Å²) in [6.45, 7) is 4.17. The number of hydrogen-bond acceptors (Lipinski definition) is 2. The van der Waals surface area contributed by atoms with Crippen molar-refractivity contribution in [3.63, 3.8) is 0 Å². The predicted octanol–water partition coefficient (Wildman–Crippen LogP) is 1.85. The van der Waals surface area contributed by atoms with Crippen molar-refractivity contribution in [2.75, 3.05) is 0 Å². The van der Waals surface area contributed by atoms with Gasteiger partial charge in [-0.15, -0.1) is 0 Å². The van der Waals surface area contributed by atoms with Gasteiger partial charge in [-0.05, 0) is 25.2 Å². The summed E-state index contributed by atoms with van der Waals surface area (Å²) in [5.41, 5.74) is 5.24. The molecule has 1 fully saturated rings. The molecule has 0 aromatic heterocycles. The SMILES string of the molecule is CCC(OC1CCCC(C)C1)C(N)=O. The molecular formula is C11H21NO2. The average Bonchev–Trinajstić information content (AvgIpc) is 2.14. The molecule has 3 nitrogen and oxygen atoms in total. The van der Waals surface area contributed by atoms with Crippen LogP contribution < -0.4 is 5.73 Å². The van der Waals surface area contributed by atoms with Crippen molar-refractivity contribution in [3.05, 3.63) is 0 Å². The van der Waals surface area contributed by atoms with Crippen LogP contribution in [0.5, 0.6) is 0 Å². The lowest BCUT2D eigenvalue weighted by Gasteiger charge is -2.29. The first-order valence-electron chi connectivity index (χ1n) is 5.58. The smallest absolute Gasteiger partial charge is 0.246 e. The lowest BCUT2D eigenvalue weighted by atomic mass is 9.88. The Morgan fingerprint density at radius 2 is 2.29 bits per heavy atom. The maximum absolute atomic E-state index is 11.0. The molecule has 14 heavy (non-hydrogen) atoms. The zero-order valence-corrected chi connectivity index (χ0v) is 9.16. The molecule has 0 aromatic carbocycles. The van der Waals surface area contributed by atoms with Gasteiger partial charge >= 0.3 is 0 Å². The maximum Gasteiger partial charge on any atom is 0.246 e. The molecule has 2 N–H and O–H groups in total. The highest BCUT2D eigenvalue weighted by molar-refractivity contribution is 5.78. The van der Waals surface area contributed by atoms with Crippen molar-refractivity contribution in [1.82, 2.24) is 0 Å². The van der Waals surface area contributed by atoms with Crippen molar-refractivity contribution in [3.8, 4) is 0 Å². The lowest BCUT2D eigenvalue weighted by molar-refractivity contribution is -0.135. The molecule has 1 aliphatic carbocycles.